The molecule has 1 aliphatic heterocycles. The van der Waals surface area contributed by atoms with Crippen molar-refractivity contribution in [3.8, 4) is 0 Å². The summed E-state index contributed by atoms with van der Waals surface area (Å²) in [6, 6.07) is 6.81. The van der Waals surface area contributed by atoms with Gasteiger partial charge in [-0.05, 0) is 47.8 Å². The summed E-state index contributed by atoms with van der Waals surface area (Å²) in [7, 11) is 2.02. The van der Waals surface area contributed by atoms with Crippen LogP contribution in [0.25, 0.3) is 11.2 Å². The van der Waals surface area contributed by atoms with Crippen LogP contribution < -0.4 is 4.90 Å². The van der Waals surface area contributed by atoms with E-state index in [4.69, 9.17) is 14.4 Å². The van der Waals surface area contributed by atoms with E-state index in [1.54, 1.807) is 0 Å². The van der Waals surface area contributed by atoms with Crippen LogP contribution in [0.1, 0.15) is 74.7 Å². The van der Waals surface area contributed by atoms with Gasteiger partial charge in [-0.25, -0.2) is 9.97 Å². The van der Waals surface area contributed by atoms with Crippen LogP contribution in [0.4, 0.5) is 5.95 Å². The van der Waals surface area contributed by atoms with Crippen LogP contribution in [0.5, 0.6) is 0 Å². The highest BCUT2D eigenvalue weighted by Crippen LogP contribution is 2.29. The number of hydrogen-bond donors (Lipinski definition) is 0. The Morgan fingerprint density at radius 2 is 1.81 bits per heavy atom. The molecule has 1 fully saturated rings. The topological polar surface area (TPSA) is 85.8 Å². The van der Waals surface area contributed by atoms with E-state index in [2.05, 4.69) is 66.0 Å². The SMILES string of the molecule is CCc1nnc(CC2CCN(c3nc(Cc4cc(C(C)(C)C)ccc4C)c4c(ncn4C)n3)CC2)o1. The number of benzene rings is 1. The Morgan fingerprint density at radius 3 is 2.50 bits per heavy atom. The molecule has 8 nitrogen and oxygen atoms in total. The molecule has 3 aromatic heterocycles. The smallest absolute Gasteiger partial charge is 0.227 e. The molecule has 0 saturated carbocycles. The number of aryl methyl sites for hydroxylation is 3. The molecule has 190 valence electrons. The first-order chi connectivity index (χ1) is 17.2. The van der Waals surface area contributed by atoms with Crippen molar-refractivity contribution < 1.29 is 4.42 Å². The minimum absolute atomic E-state index is 0.102. The first-order valence-corrected chi connectivity index (χ1v) is 13.1. The molecular formula is C28H37N7O. The zero-order chi connectivity index (χ0) is 25.4. The van der Waals surface area contributed by atoms with Gasteiger partial charge in [-0.15, -0.1) is 10.2 Å². The summed E-state index contributed by atoms with van der Waals surface area (Å²) in [6.07, 6.45) is 6.32. The Hall–Kier alpha value is -3.29. The maximum absolute atomic E-state index is 5.74. The van der Waals surface area contributed by atoms with Crippen molar-refractivity contribution in [1.29, 1.82) is 0 Å². The fraction of sp³-hybridized carbons (Fsp3) is 0.536. The van der Waals surface area contributed by atoms with E-state index in [0.717, 1.165) is 79.8 Å². The third-order valence-electron chi connectivity index (χ3n) is 7.38. The molecule has 1 saturated heterocycles. The van der Waals surface area contributed by atoms with Crippen LogP contribution in [0, 0.1) is 12.8 Å². The van der Waals surface area contributed by atoms with E-state index in [0.29, 0.717) is 5.92 Å². The predicted octanol–water partition coefficient (Wildman–Crippen LogP) is 4.96. The van der Waals surface area contributed by atoms with Gasteiger partial charge in [0, 0.05) is 39.4 Å². The molecule has 0 aliphatic carbocycles. The maximum atomic E-state index is 5.74. The second kappa shape index (κ2) is 9.64. The Balaban J connectivity index is 1.38. The summed E-state index contributed by atoms with van der Waals surface area (Å²) in [5.41, 5.74) is 6.84. The van der Waals surface area contributed by atoms with Crippen molar-refractivity contribution in [3.05, 3.63) is 58.7 Å². The number of rotatable bonds is 6. The molecule has 36 heavy (non-hydrogen) atoms. The molecule has 0 spiro atoms. The summed E-state index contributed by atoms with van der Waals surface area (Å²) in [4.78, 5) is 16.9. The largest absolute Gasteiger partial charge is 0.425 e. The first kappa shape index (κ1) is 24.4. The average molecular weight is 488 g/mol. The molecule has 0 N–H and O–H groups in total. The van der Waals surface area contributed by atoms with Crippen molar-refractivity contribution in [2.75, 3.05) is 18.0 Å². The number of aromatic nitrogens is 6. The second-order valence-corrected chi connectivity index (χ2v) is 11.1. The summed E-state index contributed by atoms with van der Waals surface area (Å²) < 4.78 is 7.78. The standard InChI is InChI=1S/C28H37N7O/c1-7-23-32-33-24(36-23)14-19-10-12-35(13-11-19)27-30-22(25-26(31-27)29-17-34(25)6)16-20-15-21(28(3,4)5)9-8-18(20)2/h8-9,15,17,19H,7,10-14,16H2,1-6H3. The van der Waals surface area contributed by atoms with E-state index < -0.39 is 0 Å². The van der Waals surface area contributed by atoms with E-state index in [-0.39, 0.29) is 5.41 Å². The Bertz CT molecular complexity index is 1360. The lowest BCUT2D eigenvalue weighted by atomic mass is 9.84. The molecule has 4 heterocycles. The van der Waals surface area contributed by atoms with Crippen LogP contribution in [0.3, 0.4) is 0 Å². The number of piperidine rings is 1. The van der Waals surface area contributed by atoms with E-state index >= 15 is 0 Å². The van der Waals surface area contributed by atoms with Gasteiger partial charge >= 0.3 is 0 Å². The molecule has 0 amide bonds. The summed E-state index contributed by atoms with van der Waals surface area (Å²) in [5.74, 6) is 2.79. The van der Waals surface area contributed by atoms with Gasteiger partial charge in [0.15, 0.2) is 5.65 Å². The fourth-order valence-electron chi connectivity index (χ4n) is 5.00. The highest BCUT2D eigenvalue weighted by molar-refractivity contribution is 5.75. The van der Waals surface area contributed by atoms with Crippen LogP contribution in [0.15, 0.2) is 28.9 Å². The van der Waals surface area contributed by atoms with Gasteiger partial charge in [0.1, 0.15) is 5.52 Å². The average Bonchev–Trinajstić information content (AvgIpc) is 3.46. The molecule has 8 heteroatoms. The number of fused-ring (bicyclic) bond motifs is 1. The monoisotopic (exact) mass is 487 g/mol. The third kappa shape index (κ3) is 4.99. The van der Waals surface area contributed by atoms with Crippen molar-refractivity contribution in [3.63, 3.8) is 0 Å². The molecule has 0 bridgehead atoms. The van der Waals surface area contributed by atoms with Gasteiger partial charge in [-0.3, -0.25) is 0 Å². The Morgan fingerprint density at radius 1 is 1.06 bits per heavy atom. The second-order valence-electron chi connectivity index (χ2n) is 11.1. The van der Waals surface area contributed by atoms with E-state index in [9.17, 15) is 0 Å². The molecule has 1 aromatic carbocycles. The normalized spacial score (nSPS) is 15.2. The Kier molecular flexibility index (Phi) is 6.53. The lowest BCUT2D eigenvalue weighted by molar-refractivity contribution is 0.354. The summed E-state index contributed by atoms with van der Waals surface area (Å²) in [5, 5.41) is 8.32. The predicted molar refractivity (Wildman–Crippen MR) is 141 cm³/mol. The molecule has 1 aliphatic rings. The highest BCUT2D eigenvalue weighted by Gasteiger charge is 2.25. The Labute approximate surface area is 213 Å². The van der Waals surface area contributed by atoms with Gasteiger partial charge in [-0.1, -0.05) is 45.9 Å². The number of imidazole rings is 1. The van der Waals surface area contributed by atoms with E-state index in [1.165, 1.54) is 16.7 Å². The number of hydrogen-bond acceptors (Lipinski definition) is 7. The number of nitrogens with zero attached hydrogens (tertiary/aromatic N) is 7. The van der Waals surface area contributed by atoms with Crippen molar-refractivity contribution >= 4 is 17.1 Å². The molecule has 4 aromatic rings. The summed E-state index contributed by atoms with van der Waals surface area (Å²) in [6.45, 7) is 12.8. The molecule has 0 atom stereocenters. The van der Waals surface area contributed by atoms with E-state index in [1.807, 2.05) is 24.9 Å². The molecule has 5 rings (SSSR count). The van der Waals surface area contributed by atoms with Crippen molar-refractivity contribution in [2.45, 2.75) is 72.1 Å². The third-order valence-corrected chi connectivity index (χ3v) is 7.38. The molecule has 0 unspecified atom stereocenters. The zero-order valence-corrected chi connectivity index (χ0v) is 22.4. The van der Waals surface area contributed by atoms with Gasteiger partial charge in [0.05, 0.1) is 12.0 Å². The highest BCUT2D eigenvalue weighted by atomic mass is 16.4. The van der Waals surface area contributed by atoms with Gasteiger partial charge in [0.2, 0.25) is 17.7 Å². The number of anilines is 1. The van der Waals surface area contributed by atoms with Crippen molar-refractivity contribution in [2.24, 2.45) is 13.0 Å². The van der Waals surface area contributed by atoms with Crippen LogP contribution in [0.2, 0.25) is 0 Å². The maximum Gasteiger partial charge on any atom is 0.227 e. The van der Waals surface area contributed by atoms with Gasteiger partial charge in [0.25, 0.3) is 0 Å². The fourth-order valence-corrected chi connectivity index (χ4v) is 5.00. The zero-order valence-electron chi connectivity index (χ0n) is 22.4. The lowest BCUT2D eigenvalue weighted by Gasteiger charge is -2.31. The van der Waals surface area contributed by atoms with Crippen LogP contribution in [-0.4, -0.2) is 42.8 Å². The lowest BCUT2D eigenvalue weighted by Crippen LogP contribution is -2.35. The minimum Gasteiger partial charge on any atom is -0.425 e. The molecule has 0 radical (unpaired) electrons. The van der Waals surface area contributed by atoms with Crippen LogP contribution in [-0.2, 0) is 31.7 Å². The quantitative estimate of drug-likeness (QED) is 0.380. The van der Waals surface area contributed by atoms with Gasteiger partial charge < -0.3 is 13.9 Å². The molecular weight excluding hydrogens is 450 g/mol. The summed E-state index contributed by atoms with van der Waals surface area (Å²) >= 11 is 0. The van der Waals surface area contributed by atoms with Crippen molar-refractivity contribution in [1.82, 2.24) is 29.7 Å². The minimum atomic E-state index is 0.102. The first-order valence-electron chi connectivity index (χ1n) is 13.1. The van der Waals surface area contributed by atoms with Crippen LogP contribution >= 0.6 is 0 Å². The van der Waals surface area contributed by atoms with Gasteiger partial charge in [-0.2, -0.15) is 4.98 Å².